The van der Waals surface area contributed by atoms with Crippen molar-refractivity contribution in [1.82, 2.24) is 29.9 Å². The minimum atomic E-state index is 0.564. The van der Waals surface area contributed by atoms with Gasteiger partial charge in [-0.15, -0.1) is 11.3 Å². The van der Waals surface area contributed by atoms with Crippen molar-refractivity contribution >= 4 is 31.5 Å². The molecule has 10 rings (SSSR count). The lowest BCUT2D eigenvalue weighted by Crippen LogP contribution is -2.00. The second kappa shape index (κ2) is 14.4. The van der Waals surface area contributed by atoms with E-state index in [2.05, 4.69) is 36.4 Å². The molecular formula is C48H30N6OS. The lowest BCUT2D eigenvalue weighted by atomic mass is 10.1. The number of fused-ring (bicyclic) bond motifs is 3. The summed E-state index contributed by atoms with van der Waals surface area (Å²) in [7, 11) is 0. The van der Waals surface area contributed by atoms with E-state index in [0.29, 0.717) is 40.7 Å². The monoisotopic (exact) mass is 738 g/mol. The Balaban J connectivity index is 1.05. The highest BCUT2D eigenvalue weighted by Gasteiger charge is 2.17. The van der Waals surface area contributed by atoms with Crippen LogP contribution in [0.2, 0.25) is 0 Å². The zero-order chi connectivity index (χ0) is 37.3. The fourth-order valence-corrected chi connectivity index (χ4v) is 7.79. The summed E-state index contributed by atoms with van der Waals surface area (Å²) in [5.41, 5.74) is 5.44. The van der Waals surface area contributed by atoms with Crippen molar-refractivity contribution in [2.24, 2.45) is 0 Å². The van der Waals surface area contributed by atoms with E-state index in [0.717, 1.165) is 59.3 Å². The first kappa shape index (κ1) is 33.2. The molecule has 264 valence electrons. The molecule has 56 heavy (non-hydrogen) atoms. The second-order valence-electron chi connectivity index (χ2n) is 13.2. The molecule has 0 aliphatic rings. The van der Waals surface area contributed by atoms with Crippen LogP contribution in [-0.4, -0.2) is 29.9 Å². The Kier molecular flexibility index (Phi) is 8.55. The number of hydrogen-bond acceptors (Lipinski definition) is 8. The van der Waals surface area contributed by atoms with E-state index < -0.39 is 0 Å². The SMILES string of the molecule is c1ccc(Oc2cccc(-c3nc(-c4ccccc4)nc(-c4ccc5sc6cc(-c7nc(-c8ccccc8)nc(-c8ccccc8)n7)ccc6c5c4)n3)c2)cc1. The molecule has 0 bridgehead atoms. The van der Waals surface area contributed by atoms with Gasteiger partial charge in [-0.2, -0.15) is 0 Å². The normalized spacial score (nSPS) is 11.2. The van der Waals surface area contributed by atoms with Gasteiger partial charge < -0.3 is 4.74 Å². The van der Waals surface area contributed by atoms with Crippen LogP contribution < -0.4 is 4.74 Å². The predicted molar refractivity (Wildman–Crippen MR) is 225 cm³/mol. The van der Waals surface area contributed by atoms with Crippen LogP contribution in [0.4, 0.5) is 0 Å². The van der Waals surface area contributed by atoms with Gasteiger partial charge in [0.25, 0.3) is 0 Å². The molecule has 0 unspecified atom stereocenters. The van der Waals surface area contributed by atoms with E-state index in [1.165, 1.54) is 0 Å². The van der Waals surface area contributed by atoms with Crippen molar-refractivity contribution in [2.45, 2.75) is 0 Å². The molecule has 0 aliphatic carbocycles. The Hall–Kier alpha value is -7.42. The zero-order valence-electron chi connectivity index (χ0n) is 29.8. The molecule has 0 radical (unpaired) electrons. The fourth-order valence-electron chi connectivity index (χ4n) is 6.67. The largest absolute Gasteiger partial charge is 0.457 e. The average molecular weight is 739 g/mol. The predicted octanol–water partition coefficient (Wildman–Crippen LogP) is 12.2. The molecule has 0 N–H and O–H groups in total. The zero-order valence-corrected chi connectivity index (χ0v) is 30.6. The highest BCUT2D eigenvalue weighted by Crippen LogP contribution is 2.39. The molecule has 0 amide bonds. The van der Waals surface area contributed by atoms with Crippen LogP contribution in [0, 0.1) is 0 Å². The third kappa shape index (κ3) is 6.66. The summed E-state index contributed by atoms with van der Waals surface area (Å²) < 4.78 is 8.45. The Morgan fingerprint density at radius 3 is 1.23 bits per heavy atom. The first-order valence-electron chi connectivity index (χ1n) is 18.2. The van der Waals surface area contributed by atoms with Crippen molar-refractivity contribution in [3.05, 3.63) is 182 Å². The smallest absolute Gasteiger partial charge is 0.164 e. The van der Waals surface area contributed by atoms with E-state index in [9.17, 15) is 0 Å². The standard InChI is InChI=1S/C48H30N6OS/c1-5-14-31(15-6-1)43-49-44(32-16-7-2-8-17-32)53-48(52-43)36-24-26-39-40-29-35(25-27-41(40)56-42(39)30-36)47-51-45(33-18-9-3-10-19-33)50-46(54-47)34-20-13-23-38(28-34)55-37-21-11-4-12-22-37/h1-30H. The molecular weight excluding hydrogens is 709 g/mol. The fraction of sp³-hybridized carbons (Fsp3) is 0. The van der Waals surface area contributed by atoms with Crippen molar-refractivity contribution in [3.8, 4) is 79.8 Å². The molecule has 3 aromatic heterocycles. The molecule has 0 saturated heterocycles. The Morgan fingerprint density at radius 2 is 0.696 bits per heavy atom. The highest BCUT2D eigenvalue weighted by atomic mass is 32.1. The van der Waals surface area contributed by atoms with Crippen LogP contribution in [0.5, 0.6) is 11.5 Å². The molecule has 7 aromatic carbocycles. The molecule has 8 heteroatoms. The van der Waals surface area contributed by atoms with Crippen molar-refractivity contribution in [3.63, 3.8) is 0 Å². The Bertz CT molecular complexity index is 2940. The minimum absolute atomic E-state index is 0.564. The van der Waals surface area contributed by atoms with E-state index in [1.807, 2.05) is 146 Å². The molecule has 10 aromatic rings. The van der Waals surface area contributed by atoms with E-state index in [1.54, 1.807) is 11.3 Å². The summed E-state index contributed by atoms with van der Waals surface area (Å²) in [5.74, 6) is 5.12. The van der Waals surface area contributed by atoms with Crippen molar-refractivity contribution in [1.29, 1.82) is 0 Å². The summed E-state index contributed by atoms with van der Waals surface area (Å²) in [4.78, 5) is 29.8. The van der Waals surface area contributed by atoms with E-state index >= 15 is 0 Å². The molecule has 7 nitrogen and oxygen atoms in total. The van der Waals surface area contributed by atoms with Crippen LogP contribution in [-0.2, 0) is 0 Å². The van der Waals surface area contributed by atoms with Crippen LogP contribution in [0.15, 0.2) is 182 Å². The number of para-hydroxylation sites is 1. The Morgan fingerprint density at radius 1 is 0.286 bits per heavy atom. The summed E-state index contributed by atoms with van der Waals surface area (Å²) in [6.07, 6.45) is 0. The molecule has 0 spiro atoms. The second-order valence-corrected chi connectivity index (χ2v) is 14.3. The van der Waals surface area contributed by atoms with E-state index in [4.69, 9.17) is 34.6 Å². The maximum Gasteiger partial charge on any atom is 0.164 e. The Labute approximate surface area is 326 Å². The van der Waals surface area contributed by atoms with Gasteiger partial charge >= 0.3 is 0 Å². The first-order valence-corrected chi connectivity index (χ1v) is 19.0. The molecule has 0 fully saturated rings. The highest BCUT2D eigenvalue weighted by molar-refractivity contribution is 7.25. The molecule has 0 aliphatic heterocycles. The van der Waals surface area contributed by atoms with Gasteiger partial charge in [-0.1, -0.05) is 133 Å². The van der Waals surface area contributed by atoms with Gasteiger partial charge in [0.05, 0.1) is 0 Å². The quantitative estimate of drug-likeness (QED) is 0.153. The number of ether oxygens (including phenoxy) is 1. The number of aromatic nitrogens is 6. The van der Waals surface area contributed by atoms with Gasteiger partial charge in [-0.3, -0.25) is 0 Å². The number of thiophene rings is 1. The van der Waals surface area contributed by atoms with Gasteiger partial charge in [0.1, 0.15) is 11.5 Å². The first-order chi connectivity index (χ1) is 27.7. The summed E-state index contributed by atoms with van der Waals surface area (Å²) in [5, 5.41) is 2.26. The summed E-state index contributed by atoms with van der Waals surface area (Å²) in [6, 6.07) is 60.5. The van der Waals surface area contributed by atoms with Crippen LogP contribution in [0.1, 0.15) is 0 Å². The van der Waals surface area contributed by atoms with Crippen molar-refractivity contribution < 1.29 is 4.74 Å². The number of hydrogen-bond donors (Lipinski definition) is 0. The van der Waals surface area contributed by atoms with Crippen LogP contribution >= 0.6 is 11.3 Å². The lowest BCUT2D eigenvalue weighted by molar-refractivity contribution is 0.483. The average Bonchev–Trinajstić information content (AvgIpc) is 3.65. The number of nitrogens with zero attached hydrogens (tertiary/aromatic N) is 6. The number of benzene rings is 7. The summed E-state index contributed by atoms with van der Waals surface area (Å²) in [6.45, 7) is 0. The van der Waals surface area contributed by atoms with Gasteiger partial charge in [0.15, 0.2) is 34.9 Å². The third-order valence-electron chi connectivity index (χ3n) is 9.43. The van der Waals surface area contributed by atoms with Gasteiger partial charge in [-0.05, 0) is 48.5 Å². The van der Waals surface area contributed by atoms with E-state index in [-0.39, 0.29) is 0 Å². The molecule has 3 heterocycles. The maximum absolute atomic E-state index is 6.16. The minimum Gasteiger partial charge on any atom is -0.457 e. The maximum atomic E-state index is 6.16. The van der Waals surface area contributed by atoms with Crippen LogP contribution in [0.25, 0.3) is 88.5 Å². The topological polar surface area (TPSA) is 86.6 Å². The van der Waals surface area contributed by atoms with Gasteiger partial charge in [0, 0.05) is 53.6 Å². The van der Waals surface area contributed by atoms with Gasteiger partial charge in [-0.25, -0.2) is 29.9 Å². The van der Waals surface area contributed by atoms with Crippen LogP contribution in [0.3, 0.4) is 0 Å². The van der Waals surface area contributed by atoms with Crippen molar-refractivity contribution in [2.75, 3.05) is 0 Å². The molecule has 0 saturated carbocycles. The summed E-state index contributed by atoms with van der Waals surface area (Å²) >= 11 is 1.74. The number of rotatable bonds is 8. The molecule has 0 atom stereocenters. The van der Waals surface area contributed by atoms with Gasteiger partial charge in [0.2, 0.25) is 0 Å². The third-order valence-corrected chi connectivity index (χ3v) is 10.6. The lowest BCUT2D eigenvalue weighted by Gasteiger charge is -2.10.